The van der Waals surface area contributed by atoms with Crippen molar-refractivity contribution in [3.05, 3.63) is 34.9 Å². The highest BCUT2D eigenvalue weighted by Crippen LogP contribution is 2.38. The van der Waals surface area contributed by atoms with Crippen LogP contribution in [0.4, 0.5) is 13.2 Å². The highest BCUT2D eigenvalue weighted by Gasteiger charge is 2.32. The van der Waals surface area contributed by atoms with Crippen molar-refractivity contribution in [3.63, 3.8) is 0 Å². The first-order chi connectivity index (χ1) is 8.89. The summed E-state index contributed by atoms with van der Waals surface area (Å²) in [5.41, 5.74) is -0.431. The van der Waals surface area contributed by atoms with Gasteiger partial charge in [0.25, 0.3) is 0 Å². The fourth-order valence-corrected chi connectivity index (χ4v) is 2.69. The average molecular weight is 272 g/mol. The first-order valence-corrected chi connectivity index (χ1v) is 6.34. The molecule has 0 atom stereocenters. The van der Waals surface area contributed by atoms with Crippen molar-refractivity contribution >= 4 is 5.97 Å². The summed E-state index contributed by atoms with van der Waals surface area (Å²) in [5.74, 6) is -1.23. The zero-order valence-electron chi connectivity index (χ0n) is 10.3. The number of carboxylic acid groups (broad SMARTS) is 1. The molecule has 1 saturated carbocycles. The molecule has 1 fully saturated rings. The quantitative estimate of drug-likeness (QED) is 0.863. The lowest BCUT2D eigenvalue weighted by atomic mass is 9.81. The van der Waals surface area contributed by atoms with E-state index in [-0.39, 0.29) is 11.5 Å². The van der Waals surface area contributed by atoms with Crippen molar-refractivity contribution in [2.45, 2.75) is 44.2 Å². The van der Waals surface area contributed by atoms with Gasteiger partial charge < -0.3 is 5.11 Å². The van der Waals surface area contributed by atoms with Gasteiger partial charge in [-0.15, -0.1) is 0 Å². The predicted molar refractivity (Wildman–Crippen MR) is 64.2 cm³/mol. The monoisotopic (exact) mass is 272 g/mol. The molecule has 1 N–H and O–H groups in total. The number of rotatable bonds is 2. The molecule has 0 heterocycles. The van der Waals surface area contributed by atoms with Gasteiger partial charge in [-0.05, 0) is 42.5 Å². The van der Waals surface area contributed by atoms with Crippen LogP contribution in [0.3, 0.4) is 0 Å². The van der Waals surface area contributed by atoms with E-state index < -0.39 is 17.7 Å². The summed E-state index contributed by atoms with van der Waals surface area (Å²) in [7, 11) is 0. The third kappa shape index (κ3) is 3.08. The van der Waals surface area contributed by atoms with E-state index in [1.165, 1.54) is 0 Å². The topological polar surface area (TPSA) is 37.3 Å². The highest BCUT2D eigenvalue weighted by molar-refractivity contribution is 5.89. The Hall–Kier alpha value is -1.52. The van der Waals surface area contributed by atoms with E-state index in [1.807, 2.05) is 0 Å². The molecule has 104 valence electrons. The zero-order valence-corrected chi connectivity index (χ0v) is 10.3. The van der Waals surface area contributed by atoms with Gasteiger partial charge in [-0.2, -0.15) is 13.2 Å². The molecule has 2 rings (SSSR count). The Bertz CT molecular complexity index is 474. The first kappa shape index (κ1) is 13.9. The summed E-state index contributed by atoms with van der Waals surface area (Å²) < 4.78 is 38.2. The van der Waals surface area contributed by atoms with Gasteiger partial charge in [0.15, 0.2) is 0 Å². The minimum atomic E-state index is -4.43. The lowest BCUT2D eigenvalue weighted by Crippen LogP contribution is -2.13. The van der Waals surface area contributed by atoms with Crippen LogP contribution in [0.25, 0.3) is 0 Å². The van der Waals surface area contributed by atoms with E-state index in [9.17, 15) is 18.0 Å². The number of aromatic carboxylic acids is 1. The molecule has 0 bridgehead atoms. The van der Waals surface area contributed by atoms with Crippen LogP contribution in [0.2, 0.25) is 0 Å². The third-order valence-electron chi connectivity index (χ3n) is 3.65. The van der Waals surface area contributed by atoms with Crippen molar-refractivity contribution in [2.24, 2.45) is 0 Å². The summed E-state index contributed by atoms with van der Waals surface area (Å²) in [5, 5.41) is 9.11. The van der Waals surface area contributed by atoms with Crippen molar-refractivity contribution < 1.29 is 23.1 Å². The van der Waals surface area contributed by atoms with Crippen molar-refractivity contribution in [3.8, 4) is 0 Å². The number of carboxylic acids is 1. The van der Waals surface area contributed by atoms with Gasteiger partial charge in [0.2, 0.25) is 0 Å². The van der Waals surface area contributed by atoms with Crippen LogP contribution in [0, 0.1) is 0 Å². The van der Waals surface area contributed by atoms with Crippen LogP contribution in [0.1, 0.15) is 59.5 Å². The van der Waals surface area contributed by atoms with Crippen LogP contribution < -0.4 is 0 Å². The molecule has 0 amide bonds. The molecule has 0 radical (unpaired) electrons. The fourth-order valence-electron chi connectivity index (χ4n) is 2.69. The normalized spacial score (nSPS) is 17.4. The molecular weight excluding hydrogens is 257 g/mol. The maximum absolute atomic E-state index is 12.7. The minimum absolute atomic E-state index is 0.0000926. The summed E-state index contributed by atoms with van der Waals surface area (Å²) in [6.07, 6.45) is 0.0570. The molecule has 0 saturated heterocycles. The van der Waals surface area contributed by atoms with Crippen molar-refractivity contribution in [1.82, 2.24) is 0 Å². The number of hydrogen-bond acceptors (Lipinski definition) is 1. The van der Waals surface area contributed by atoms with Gasteiger partial charge >= 0.3 is 12.1 Å². The average Bonchev–Trinajstić information content (AvgIpc) is 2.38. The van der Waals surface area contributed by atoms with E-state index in [2.05, 4.69) is 0 Å². The largest absolute Gasteiger partial charge is 0.478 e. The number of benzene rings is 1. The lowest BCUT2D eigenvalue weighted by Gasteiger charge is -2.24. The SMILES string of the molecule is O=C(O)c1ccc(C(F)(F)F)cc1C1CCCCC1. The maximum atomic E-state index is 12.7. The van der Waals surface area contributed by atoms with Gasteiger partial charge in [0, 0.05) is 0 Å². The number of halogens is 3. The molecule has 0 aliphatic heterocycles. The van der Waals surface area contributed by atoms with Crippen LogP contribution in [-0.2, 0) is 6.18 Å². The molecule has 0 unspecified atom stereocenters. The van der Waals surface area contributed by atoms with Crippen LogP contribution in [0.5, 0.6) is 0 Å². The third-order valence-corrected chi connectivity index (χ3v) is 3.65. The fraction of sp³-hybridized carbons (Fsp3) is 0.500. The van der Waals surface area contributed by atoms with E-state index in [0.717, 1.165) is 50.3 Å². The van der Waals surface area contributed by atoms with Crippen molar-refractivity contribution in [1.29, 1.82) is 0 Å². The van der Waals surface area contributed by atoms with Crippen LogP contribution >= 0.6 is 0 Å². The Labute approximate surface area is 109 Å². The molecule has 1 aliphatic rings. The number of carbonyl (C=O) groups is 1. The Balaban J connectivity index is 2.44. The van der Waals surface area contributed by atoms with Gasteiger partial charge in [0.05, 0.1) is 11.1 Å². The van der Waals surface area contributed by atoms with E-state index in [0.29, 0.717) is 5.56 Å². The van der Waals surface area contributed by atoms with E-state index in [1.54, 1.807) is 0 Å². The predicted octanol–water partition coefficient (Wildman–Crippen LogP) is 4.45. The molecule has 5 heteroatoms. The lowest BCUT2D eigenvalue weighted by molar-refractivity contribution is -0.137. The van der Waals surface area contributed by atoms with Crippen LogP contribution in [-0.4, -0.2) is 11.1 Å². The maximum Gasteiger partial charge on any atom is 0.416 e. The minimum Gasteiger partial charge on any atom is -0.478 e. The Morgan fingerprint density at radius 1 is 1.16 bits per heavy atom. The van der Waals surface area contributed by atoms with Crippen LogP contribution in [0.15, 0.2) is 18.2 Å². The Morgan fingerprint density at radius 2 is 1.79 bits per heavy atom. The van der Waals surface area contributed by atoms with E-state index >= 15 is 0 Å². The van der Waals surface area contributed by atoms with Crippen molar-refractivity contribution in [2.75, 3.05) is 0 Å². The molecule has 1 aromatic rings. The Morgan fingerprint density at radius 3 is 2.32 bits per heavy atom. The molecule has 0 aromatic heterocycles. The summed E-state index contributed by atoms with van der Waals surface area (Å²) in [6.45, 7) is 0. The van der Waals surface area contributed by atoms with Gasteiger partial charge in [-0.3, -0.25) is 0 Å². The molecule has 19 heavy (non-hydrogen) atoms. The summed E-state index contributed by atoms with van der Waals surface area (Å²) >= 11 is 0. The zero-order chi connectivity index (χ0) is 14.0. The second-order valence-electron chi connectivity index (χ2n) is 4.94. The number of hydrogen-bond donors (Lipinski definition) is 1. The second kappa shape index (κ2) is 5.23. The smallest absolute Gasteiger partial charge is 0.416 e. The molecule has 1 aliphatic carbocycles. The molecule has 2 nitrogen and oxygen atoms in total. The second-order valence-corrected chi connectivity index (χ2v) is 4.94. The standard InChI is InChI=1S/C14H15F3O2/c15-14(16,17)10-6-7-11(13(18)19)12(8-10)9-4-2-1-3-5-9/h6-9H,1-5H2,(H,18,19). The Kier molecular flexibility index (Phi) is 3.83. The van der Waals surface area contributed by atoms with Gasteiger partial charge in [0.1, 0.15) is 0 Å². The van der Waals surface area contributed by atoms with E-state index in [4.69, 9.17) is 5.11 Å². The van der Waals surface area contributed by atoms with Gasteiger partial charge in [-0.25, -0.2) is 4.79 Å². The van der Waals surface area contributed by atoms with Gasteiger partial charge in [-0.1, -0.05) is 19.3 Å². The summed E-state index contributed by atoms with van der Waals surface area (Å²) in [6, 6.07) is 2.93. The molecule has 0 spiro atoms. The highest BCUT2D eigenvalue weighted by atomic mass is 19.4. The first-order valence-electron chi connectivity index (χ1n) is 6.34. The molecular formula is C14H15F3O2. The number of alkyl halides is 3. The molecule has 1 aromatic carbocycles. The summed E-state index contributed by atoms with van der Waals surface area (Å²) in [4.78, 5) is 11.1.